The van der Waals surface area contributed by atoms with Gasteiger partial charge in [-0.1, -0.05) is 43.7 Å². The van der Waals surface area contributed by atoms with Crippen LogP contribution in [0.4, 0.5) is 11.4 Å². The van der Waals surface area contributed by atoms with Gasteiger partial charge in [0.05, 0.1) is 9.31 Å². The second-order valence-corrected chi connectivity index (χ2v) is 10.7. The number of nitriles is 1. The van der Waals surface area contributed by atoms with E-state index >= 15 is 0 Å². The van der Waals surface area contributed by atoms with E-state index in [4.69, 9.17) is 16.3 Å². The van der Waals surface area contributed by atoms with Gasteiger partial charge in [-0.3, -0.25) is 4.79 Å². The number of hydrogen-bond donors (Lipinski definition) is 1. The number of ether oxygens (including phenoxy) is 1. The molecule has 1 fully saturated rings. The summed E-state index contributed by atoms with van der Waals surface area (Å²) in [6.07, 6.45) is 0.979. The number of anilines is 2. The molecule has 1 aliphatic rings. The average molecular weight is 539 g/mol. The lowest BCUT2D eigenvalue weighted by molar-refractivity contribution is -0.149. The quantitative estimate of drug-likeness (QED) is 0.399. The fourth-order valence-electron chi connectivity index (χ4n) is 3.41. The van der Waals surface area contributed by atoms with Crippen LogP contribution >= 0.6 is 43.5 Å². The molecule has 150 valence electrons. The van der Waals surface area contributed by atoms with Crippen molar-refractivity contribution < 1.29 is 9.53 Å². The highest BCUT2D eigenvalue weighted by atomic mass is 79.9. The first-order valence-electron chi connectivity index (χ1n) is 8.98. The van der Waals surface area contributed by atoms with Crippen molar-refractivity contribution in [2.45, 2.75) is 20.0 Å². The molecule has 3 atom stereocenters. The van der Waals surface area contributed by atoms with Crippen LogP contribution in [0.1, 0.15) is 25.5 Å². The third-order valence-electron chi connectivity index (χ3n) is 5.14. The number of hydrogen-bond acceptors (Lipinski definition) is 4. The number of nitrogens with one attached hydrogen (secondary N) is 1. The number of esters is 1. The van der Waals surface area contributed by atoms with E-state index in [0.717, 1.165) is 14.8 Å². The Morgan fingerprint density at radius 2 is 1.93 bits per heavy atom. The summed E-state index contributed by atoms with van der Waals surface area (Å²) in [4.78, 5) is 12.7. The molecule has 0 aliphatic heterocycles. The molecule has 0 saturated heterocycles. The van der Waals surface area contributed by atoms with Gasteiger partial charge in [0, 0.05) is 22.0 Å². The monoisotopic (exact) mass is 536 g/mol. The third-order valence-corrected chi connectivity index (χ3v) is 5.92. The zero-order valence-electron chi connectivity index (χ0n) is 15.8. The molecule has 0 radical (unpaired) electrons. The van der Waals surface area contributed by atoms with Crippen molar-refractivity contribution >= 4 is 60.8 Å². The first kappa shape index (κ1) is 21.9. The Morgan fingerprint density at radius 3 is 2.55 bits per heavy atom. The molecule has 2 aromatic rings. The van der Waals surface area contributed by atoms with Crippen LogP contribution in [0.5, 0.6) is 0 Å². The smallest absolute Gasteiger partial charge is 0.311 e. The average Bonchev–Trinajstić information content (AvgIpc) is 3.21. The Morgan fingerprint density at radius 1 is 1.24 bits per heavy atom. The standard InChI is InChI=1S/C22H19Br2ClN2O2/c1-22(2)17(11-19(23)24)20(22)21(28)29-18(12-26)13-4-3-5-16(10-13)27-15-8-6-14(25)7-9-15/h3-11,17-18,20,27H,1-2H3. The molecule has 3 unspecified atom stereocenters. The molecular weight excluding hydrogens is 520 g/mol. The molecule has 0 heterocycles. The molecule has 2 aromatic carbocycles. The summed E-state index contributed by atoms with van der Waals surface area (Å²) in [6, 6.07) is 16.7. The van der Waals surface area contributed by atoms with Crippen LogP contribution in [-0.2, 0) is 9.53 Å². The number of carbonyl (C=O) groups is 1. The summed E-state index contributed by atoms with van der Waals surface area (Å²) in [5, 5.41) is 13.5. The van der Waals surface area contributed by atoms with Crippen LogP contribution in [0.2, 0.25) is 5.02 Å². The summed E-state index contributed by atoms with van der Waals surface area (Å²) < 4.78 is 6.37. The Bertz CT molecular complexity index is 979. The Balaban J connectivity index is 1.72. The van der Waals surface area contributed by atoms with Crippen LogP contribution in [-0.4, -0.2) is 5.97 Å². The van der Waals surface area contributed by atoms with Gasteiger partial charge >= 0.3 is 5.97 Å². The number of benzene rings is 2. The highest BCUT2D eigenvalue weighted by Crippen LogP contribution is 2.60. The molecule has 0 amide bonds. The number of nitrogens with zero attached hydrogens (tertiary/aromatic N) is 1. The fraction of sp³-hybridized carbons (Fsp3) is 0.273. The van der Waals surface area contributed by atoms with Gasteiger partial charge < -0.3 is 10.1 Å². The van der Waals surface area contributed by atoms with Crippen molar-refractivity contribution in [2.24, 2.45) is 17.3 Å². The molecular formula is C22H19Br2ClN2O2. The van der Waals surface area contributed by atoms with Crippen molar-refractivity contribution in [3.05, 3.63) is 68.6 Å². The molecule has 3 rings (SSSR count). The zero-order chi connectivity index (χ0) is 21.2. The topological polar surface area (TPSA) is 62.1 Å². The van der Waals surface area contributed by atoms with Gasteiger partial charge in [0.1, 0.15) is 6.07 Å². The number of carbonyl (C=O) groups excluding carboxylic acids is 1. The predicted molar refractivity (Wildman–Crippen MR) is 122 cm³/mol. The third kappa shape index (κ3) is 5.22. The molecule has 1 aliphatic carbocycles. The SMILES string of the molecule is CC1(C)C(C=C(Br)Br)C1C(=O)OC(C#N)c1cccc(Nc2ccc(Cl)cc2)c1. The van der Waals surface area contributed by atoms with Gasteiger partial charge in [-0.05, 0) is 79.6 Å². The van der Waals surface area contributed by atoms with Gasteiger partial charge in [-0.25, -0.2) is 0 Å². The van der Waals surface area contributed by atoms with Crippen molar-refractivity contribution in [3.63, 3.8) is 0 Å². The van der Waals surface area contributed by atoms with Crippen LogP contribution in [0, 0.1) is 28.6 Å². The number of allylic oxidation sites excluding steroid dienone is 1. The molecule has 1 saturated carbocycles. The van der Waals surface area contributed by atoms with Gasteiger partial charge in [0.25, 0.3) is 0 Å². The highest BCUT2D eigenvalue weighted by Gasteiger charge is 2.61. The van der Waals surface area contributed by atoms with E-state index in [1.807, 2.05) is 44.2 Å². The maximum absolute atomic E-state index is 12.7. The lowest BCUT2D eigenvalue weighted by Crippen LogP contribution is -2.14. The largest absolute Gasteiger partial charge is 0.442 e. The second kappa shape index (κ2) is 8.91. The first-order valence-corrected chi connectivity index (χ1v) is 10.9. The van der Waals surface area contributed by atoms with Crippen molar-refractivity contribution in [3.8, 4) is 6.07 Å². The lowest BCUT2D eigenvalue weighted by Gasteiger charge is -2.14. The highest BCUT2D eigenvalue weighted by molar-refractivity contribution is 9.28. The second-order valence-electron chi connectivity index (χ2n) is 7.48. The Kier molecular flexibility index (Phi) is 6.72. The van der Waals surface area contributed by atoms with Gasteiger partial charge in [0.2, 0.25) is 6.10 Å². The maximum Gasteiger partial charge on any atom is 0.311 e. The molecule has 0 spiro atoms. The van der Waals surface area contributed by atoms with E-state index in [1.54, 1.807) is 24.3 Å². The summed E-state index contributed by atoms with van der Waals surface area (Å²) in [5.74, 6) is -0.583. The normalized spacial score (nSPS) is 20.1. The minimum Gasteiger partial charge on any atom is -0.442 e. The number of rotatable bonds is 6. The molecule has 0 bridgehead atoms. The van der Waals surface area contributed by atoms with E-state index in [-0.39, 0.29) is 23.2 Å². The van der Waals surface area contributed by atoms with Gasteiger partial charge in [0.15, 0.2) is 0 Å². The summed E-state index contributed by atoms with van der Waals surface area (Å²) in [7, 11) is 0. The molecule has 0 aromatic heterocycles. The van der Waals surface area contributed by atoms with E-state index in [1.165, 1.54) is 0 Å². The van der Waals surface area contributed by atoms with E-state index in [0.29, 0.717) is 10.6 Å². The van der Waals surface area contributed by atoms with Crippen molar-refractivity contribution in [2.75, 3.05) is 5.32 Å². The van der Waals surface area contributed by atoms with Crippen LogP contribution < -0.4 is 5.32 Å². The molecule has 4 nitrogen and oxygen atoms in total. The maximum atomic E-state index is 12.7. The van der Waals surface area contributed by atoms with Crippen LogP contribution in [0.25, 0.3) is 0 Å². The minimum atomic E-state index is -0.970. The summed E-state index contributed by atoms with van der Waals surface area (Å²) >= 11 is 12.6. The van der Waals surface area contributed by atoms with Crippen LogP contribution in [0.3, 0.4) is 0 Å². The zero-order valence-corrected chi connectivity index (χ0v) is 19.8. The summed E-state index contributed by atoms with van der Waals surface area (Å²) in [6.45, 7) is 4.03. The Labute approximate surface area is 192 Å². The number of halogens is 3. The van der Waals surface area contributed by atoms with Crippen LogP contribution in [0.15, 0.2) is 58.0 Å². The van der Waals surface area contributed by atoms with E-state index in [2.05, 4.69) is 43.2 Å². The van der Waals surface area contributed by atoms with Gasteiger partial charge in [-0.15, -0.1) is 0 Å². The Hall–Kier alpha value is -1.81. The van der Waals surface area contributed by atoms with Crippen molar-refractivity contribution in [1.82, 2.24) is 0 Å². The van der Waals surface area contributed by atoms with E-state index < -0.39 is 6.10 Å². The summed E-state index contributed by atoms with van der Waals surface area (Å²) in [5.41, 5.74) is 2.07. The lowest BCUT2D eigenvalue weighted by atomic mass is 10.1. The molecule has 7 heteroatoms. The fourth-order valence-corrected chi connectivity index (χ4v) is 4.11. The molecule has 1 N–H and O–H groups in total. The van der Waals surface area contributed by atoms with Crippen molar-refractivity contribution in [1.29, 1.82) is 5.26 Å². The predicted octanol–water partition coefficient (Wildman–Crippen LogP) is 7.09. The molecule has 29 heavy (non-hydrogen) atoms. The van der Waals surface area contributed by atoms with E-state index in [9.17, 15) is 10.1 Å². The first-order chi connectivity index (χ1) is 13.7. The van der Waals surface area contributed by atoms with Gasteiger partial charge in [-0.2, -0.15) is 5.26 Å². The minimum absolute atomic E-state index is 0.0565.